The summed E-state index contributed by atoms with van der Waals surface area (Å²) in [6.45, 7) is 5.75. The third-order valence-electron chi connectivity index (χ3n) is 4.00. The van der Waals surface area contributed by atoms with Crippen LogP contribution in [0.4, 0.5) is 15.9 Å². The molecule has 0 spiro atoms. The Kier molecular flexibility index (Phi) is 4.22. The first kappa shape index (κ1) is 14.8. The minimum Gasteiger partial charge on any atom is -0.380 e. The first-order chi connectivity index (χ1) is 10.6. The van der Waals surface area contributed by atoms with E-state index in [4.69, 9.17) is 0 Å². The summed E-state index contributed by atoms with van der Waals surface area (Å²) in [4.78, 5) is 11.1. The van der Waals surface area contributed by atoms with Crippen LogP contribution in [0.5, 0.6) is 0 Å². The van der Waals surface area contributed by atoms with E-state index in [9.17, 15) is 4.39 Å². The first-order valence-corrected chi connectivity index (χ1v) is 7.70. The Hall–Kier alpha value is -2.17. The van der Waals surface area contributed by atoms with E-state index in [2.05, 4.69) is 20.2 Å². The standard InChI is InChI=1S/C17H21FN4/c1-12-11-17(20-13(2)19-12)22-9-7-14(8-10-22)21-16-6-4-3-5-15(16)18/h3-6,11,14,21H,7-10H2,1-2H3. The molecule has 1 N–H and O–H groups in total. The molecule has 22 heavy (non-hydrogen) atoms. The van der Waals surface area contributed by atoms with Gasteiger partial charge in [0.25, 0.3) is 0 Å². The molecule has 0 bridgehead atoms. The molecule has 0 aliphatic carbocycles. The average molecular weight is 300 g/mol. The highest BCUT2D eigenvalue weighted by molar-refractivity contribution is 5.46. The van der Waals surface area contributed by atoms with Gasteiger partial charge >= 0.3 is 0 Å². The molecule has 1 aliphatic rings. The first-order valence-electron chi connectivity index (χ1n) is 7.70. The second-order valence-corrected chi connectivity index (χ2v) is 5.80. The van der Waals surface area contributed by atoms with Crippen molar-refractivity contribution in [3.63, 3.8) is 0 Å². The van der Waals surface area contributed by atoms with Crippen LogP contribution in [0.25, 0.3) is 0 Å². The number of nitrogens with zero attached hydrogens (tertiary/aromatic N) is 3. The molecule has 3 rings (SSSR count). The average Bonchev–Trinajstić information content (AvgIpc) is 2.49. The lowest BCUT2D eigenvalue weighted by atomic mass is 10.0. The van der Waals surface area contributed by atoms with Crippen LogP contribution >= 0.6 is 0 Å². The minimum absolute atomic E-state index is 0.188. The summed E-state index contributed by atoms with van der Waals surface area (Å²) in [5, 5.41) is 3.31. The lowest BCUT2D eigenvalue weighted by molar-refractivity contribution is 0.519. The summed E-state index contributed by atoms with van der Waals surface area (Å²) in [6, 6.07) is 9.17. The molecule has 116 valence electrons. The molecule has 0 amide bonds. The van der Waals surface area contributed by atoms with Crippen molar-refractivity contribution in [2.24, 2.45) is 0 Å². The fraction of sp³-hybridized carbons (Fsp3) is 0.412. The predicted octanol–water partition coefficient (Wildman–Crippen LogP) is 3.31. The highest BCUT2D eigenvalue weighted by Gasteiger charge is 2.21. The molecule has 2 aromatic rings. The summed E-state index contributed by atoms with van der Waals surface area (Å²) < 4.78 is 13.7. The van der Waals surface area contributed by atoms with E-state index in [1.54, 1.807) is 12.1 Å². The number of halogens is 1. The summed E-state index contributed by atoms with van der Waals surface area (Å²) in [6.07, 6.45) is 1.94. The van der Waals surface area contributed by atoms with Crippen LogP contribution in [0.2, 0.25) is 0 Å². The van der Waals surface area contributed by atoms with Crippen LogP contribution in [-0.2, 0) is 0 Å². The zero-order valence-corrected chi connectivity index (χ0v) is 13.0. The van der Waals surface area contributed by atoms with E-state index in [1.165, 1.54) is 6.07 Å². The van der Waals surface area contributed by atoms with E-state index in [1.807, 2.05) is 26.0 Å². The van der Waals surface area contributed by atoms with Crippen molar-refractivity contribution in [2.45, 2.75) is 32.7 Å². The largest absolute Gasteiger partial charge is 0.380 e. The van der Waals surface area contributed by atoms with Gasteiger partial charge < -0.3 is 10.2 Å². The maximum atomic E-state index is 13.7. The molecule has 0 saturated carbocycles. The van der Waals surface area contributed by atoms with Gasteiger partial charge in [0.05, 0.1) is 5.69 Å². The molecular formula is C17H21FN4. The number of hydrogen-bond acceptors (Lipinski definition) is 4. The van der Waals surface area contributed by atoms with Gasteiger partial charge in [-0.05, 0) is 38.8 Å². The normalized spacial score (nSPS) is 15.9. The van der Waals surface area contributed by atoms with Crippen molar-refractivity contribution in [1.82, 2.24) is 9.97 Å². The van der Waals surface area contributed by atoms with Crippen molar-refractivity contribution in [2.75, 3.05) is 23.3 Å². The van der Waals surface area contributed by atoms with E-state index < -0.39 is 0 Å². The number of aromatic nitrogens is 2. The predicted molar refractivity (Wildman–Crippen MR) is 86.8 cm³/mol. The van der Waals surface area contributed by atoms with Gasteiger partial charge in [-0.15, -0.1) is 0 Å². The van der Waals surface area contributed by atoms with Gasteiger partial charge in [0.15, 0.2) is 0 Å². The van der Waals surface area contributed by atoms with Gasteiger partial charge in [-0.25, -0.2) is 14.4 Å². The van der Waals surface area contributed by atoms with Gasteiger partial charge in [-0.3, -0.25) is 0 Å². The number of para-hydroxylation sites is 1. The van der Waals surface area contributed by atoms with Crippen molar-refractivity contribution in [3.8, 4) is 0 Å². The molecule has 0 atom stereocenters. The van der Waals surface area contributed by atoms with Crippen LogP contribution in [-0.4, -0.2) is 29.1 Å². The van der Waals surface area contributed by atoms with Gasteiger partial charge in [0, 0.05) is 30.9 Å². The number of benzene rings is 1. The molecule has 1 aromatic heterocycles. The third kappa shape index (κ3) is 3.35. The van der Waals surface area contributed by atoms with Crippen LogP contribution in [0.15, 0.2) is 30.3 Å². The van der Waals surface area contributed by atoms with Crippen LogP contribution < -0.4 is 10.2 Å². The molecule has 4 nitrogen and oxygen atoms in total. The second-order valence-electron chi connectivity index (χ2n) is 5.80. The zero-order valence-electron chi connectivity index (χ0n) is 13.0. The molecule has 2 heterocycles. The molecule has 0 radical (unpaired) electrons. The lowest BCUT2D eigenvalue weighted by Crippen LogP contribution is -2.39. The summed E-state index contributed by atoms with van der Waals surface area (Å²) in [7, 11) is 0. The number of anilines is 2. The maximum Gasteiger partial charge on any atom is 0.146 e. The van der Waals surface area contributed by atoms with Crippen molar-refractivity contribution in [1.29, 1.82) is 0 Å². The molecule has 1 saturated heterocycles. The quantitative estimate of drug-likeness (QED) is 0.944. The van der Waals surface area contributed by atoms with Crippen LogP contribution in [0.3, 0.4) is 0 Å². The topological polar surface area (TPSA) is 41.0 Å². The lowest BCUT2D eigenvalue weighted by Gasteiger charge is -2.33. The zero-order chi connectivity index (χ0) is 15.5. The second kappa shape index (κ2) is 6.30. The molecule has 0 unspecified atom stereocenters. The Morgan fingerprint density at radius 2 is 1.86 bits per heavy atom. The monoisotopic (exact) mass is 300 g/mol. The Morgan fingerprint density at radius 3 is 2.55 bits per heavy atom. The summed E-state index contributed by atoms with van der Waals surface area (Å²) >= 11 is 0. The highest BCUT2D eigenvalue weighted by atomic mass is 19.1. The number of nitrogens with one attached hydrogen (secondary N) is 1. The van der Waals surface area contributed by atoms with Crippen molar-refractivity contribution >= 4 is 11.5 Å². The molecule has 1 fully saturated rings. The Bertz CT molecular complexity index is 631. The van der Waals surface area contributed by atoms with Gasteiger partial charge in [0.2, 0.25) is 0 Å². The SMILES string of the molecule is Cc1cc(N2CCC(Nc3ccccc3F)CC2)nc(C)n1. The van der Waals surface area contributed by atoms with E-state index in [0.29, 0.717) is 11.7 Å². The van der Waals surface area contributed by atoms with Gasteiger partial charge in [-0.1, -0.05) is 12.1 Å². The van der Waals surface area contributed by atoms with E-state index in [0.717, 1.165) is 43.3 Å². The highest BCUT2D eigenvalue weighted by Crippen LogP contribution is 2.22. The minimum atomic E-state index is -0.188. The molecule has 1 aliphatic heterocycles. The fourth-order valence-corrected chi connectivity index (χ4v) is 2.91. The van der Waals surface area contributed by atoms with E-state index >= 15 is 0 Å². The van der Waals surface area contributed by atoms with E-state index in [-0.39, 0.29) is 5.82 Å². The number of rotatable bonds is 3. The molecule has 5 heteroatoms. The number of piperidine rings is 1. The third-order valence-corrected chi connectivity index (χ3v) is 4.00. The summed E-state index contributed by atoms with van der Waals surface area (Å²) in [5.74, 6) is 1.61. The van der Waals surface area contributed by atoms with Crippen molar-refractivity contribution in [3.05, 3.63) is 47.7 Å². The Balaban J connectivity index is 1.62. The summed E-state index contributed by atoms with van der Waals surface area (Å²) in [5.41, 5.74) is 1.59. The molecule has 1 aromatic carbocycles. The molecular weight excluding hydrogens is 279 g/mol. The fourth-order valence-electron chi connectivity index (χ4n) is 2.91. The van der Waals surface area contributed by atoms with Gasteiger partial charge in [0.1, 0.15) is 17.5 Å². The smallest absolute Gasteiger partial charge is 0.146 e. The Labute approximate surface area is 130 Å². The maximum absolute atomic E-state index is 13.7. The Morgan fingerprint density at radius 1 is 1.14 bits per heavy atom. The number of hydrogen-bond donors (Lipinski definition) is 1. The van der Waals surface area contributed by atoms with Crippen molar-refractivity contribution < 1.29 is 4.39 Å². The van der Waals surface area contributed by atoms with Crippen LogP contribution in [0.1, 0.15) is 24.4 Å². The number of aryl methyl sites for hydroxylation is 2. The van der Waals surface area contributed by atoms with Crippen LogP contribution in [0, 0.1) is 19.7 Å². The van der Waals surface area contributed by atoms with Gasteiger partial charge in [-0.2, -0.15) is 0 Å².